The summed E-state index contributed by atoms with van der Waals surface area (Å²) in [4.78, 5) is 0. The molecule has 2 N–H and O–H groups in total. The summed E-state index contributed by atoms with van der Waals surface area (Å²) in [6, 6.07) is 6.57. The van der Waals surface area contributed by atoms with Crippen LogP contribution in [0.1, 0.15) is 57.2 Å². The van der Waals surface area contributed by atoms with E-state index in [2.05, 4.69) is 39.1 Å². The lowest BCUT2D eigenvalue weighted by Crippen LogP contribution is -2.39. The van der Waals surface area contributed by atoms with E-state index >= 15 is 0 Å². The Hall–Kier alpha value is -1.02. The molecular weight excluding hydrogens is 222 g/mol. The lowest BCUT2D eigenvalue weighted by atomic mass is 9.86. The summed E-state index contributed by atoms with van der Waals surface area (Å²) in [5.41, 5.74) is 2.58. The molecule has 0 saturated heterocycles. The van der Waals surface area contributed by atoms with Crippen LogP contribution in [0.4, 0.5) is 0 Å². The smallest absolute Gasteiger partial charge is 0.120 e. The van der Waals surface area contributed by atoms with Gasteiger partial charge in [0.15, 0.2) is 0 Å². The summed E-state index contributed by atoms with van der Waals surface area (Å²) in [7, 11) is 0. The summed E-state index contributed by atoms with van der Waals surface area (Å²) in [5.74, 6) is 0.399. The lowest BCUT2D eigenvalue weighted by Gasteiger charge is -2.31. The molecule has 2 atom stereocenters. The minimum Gasteiger partial charge on any atom is -0.508 e. The number of phenols is 1. The van der Waals surface area contributed by atoms with Crippen LogP contribution < -0.4 is 5.32 Å². The van der Waals surface area contributed by atoms with Crippen LogP contribution in [0, 0.1) is 12.3 Å². The monoisotopic (exact) mass is 247 g/mol. The zero-order chi connectivity index (χ0) is 13.3. The second kappa shape index (κ2) is 4.93. The van der Waals surface area contributed by atoms with Gasteiger partial charge in [0.05, 0.1) is 0 Å². The molecule has 0 heterocycles. The van der Waals surface area contributed by atoms with Crippen molar-refractivity contribution in [3.05, 3.63) is 29.3 Å². The molecular formula is C16H25NO. The Morgan fingerprint density at radius 2 is 2.11 bits per heavy atom. The van der Waals surface area contributed by atoms with Gasteiger partial charge in [0, 0.05) is 17.6 Å². The Labute approximate surface area is 110 Å². The molecule has 0 bridgehead atoms. The van der Waals surface area contributed by atoms with E-state index in [1.807, 2.05) is 6.07 Å². The molecule has 0 aliphatic heterocycles. The van der Waals surface area contributed by atoms with E-state index in [-0.39, 0.29) is 6.04 Å². The van der Waals surface area contributed by atoms with Gasteiger partial charge in [-0.3, -0.25) is 0 Å². The Morgan fingerprint density at radius 1 is 1.39 bits per heavy atom. The molecule has 1 aliphatic rings. The molecule has 100 valence electrons. The van der Waals surface area contributed by atoms with Crippen molar-refractivity contribution in [2.45, 2.75) is 59.0 Å². The first-order valence-corrected chi connectivity index (χ1v) is 6.96. The van der Waals surface area contributed by atoms with Crippen LogP contribution in [0.25, 0.3) is 0 Å². The van der Waals surface area contributed by atoms with E-state index in [9.17, 15) is 5.11 Å². The van der Waals surface area contributed by atoms with Crippen LogP contribution in [0.15, 0.2) is 18.2 Å². The van der Waals surface area contributed by atoms with Crippen molar-refractivity contribution in [2.75, 3.05) is 0 Å². The second-order valence-electron chi connectivity index (χ2n) is 6.38. The third-order valence-electron chi connectivity index (χ3n) is 4.36. The normalized spacial score (nSPS) is 24.1. The molecule has 2 rings (SSSR count). The van der Waals surface area contributed by atoms with Crippen molar-refractivity contribution in [3.8, 4) is 5.75 Å². The fourth-order valence-electron chi connectivity index (χ4n) is 3.05. The number of rotatable bonds is 3. The maximum absolute atomic E-state index is 9.97. The molecule has 1 saturated carbocycles. The Kier molecular flexibility index (Phi) is 3.67. The van der Waals surface area contributed by atoms with Crippen molar-refractivity contribution in [3.63, 3.8) is 0 Å². The van der Waals surface area contributed by atoms with E-state index in [1.165, 1.54) is 24.8 Å². The van der Waals surface area contributed by atoms with E-state index in [4.69, 9.17) is 0 Å². The van der Waals surface area contributed by atoms with Crippen molar-refractivity contribution < 1.29 is 5.11 Å². The van der Waals surface area contributed by atoms with Crippen LogP contribution in [0.5, 0.6) is 5.75 Å². The van der Waals surface area contributed by atoms with E-state index in [1.54, 1.807) is 6.07 Å². The third-order valence-corrected chi connectivity index (χ3v) is 4.36. The van der Waals surface area contributed by atoms with Gasteiger partial charge in [0.25, 0.3) is 0 Å². The van der Waals surface area contributed by atoms with Crippen LogP contribution >= 0.6 is 0 Å². The highest BCUT2D eigenvalue weighted by molar-refractivity contribution is 5.37. The standard InChI is InChI=1S/C16H25NO/c1-11-7-8-14(18)13(10-11)12(2)17-15-6-5-9-16(15,3)4/h7-8,10,12,15,17-18H,5-6,9H2,1-4H3. The van der Waals surface area contributed by atoms with E-state index in [0.29, 0.717) is 17.2 Å². The fourth-order valence-corrected chi connectivity index (χ4v) is 3.05. The number of aromatic hydroxyl groups is 1. The number of benzene rings is 1. The predicted octanol–water partition coefficient (Wildman–Crippen LogP) is 3.93. The number of hydrogen-bond acceptors (Lipinski definition) is 2. The van der Waals surface area contributed by atoms with Crippen LogP contribution in [-0.4, -0.2) is 11.1 Å². The van der Waals surface area contributed by atoms with Gasteiger partial charge < -0.3 is 10.4 Å². The van der Waals surface area contributed by atoms with Gasteiger partial charge in [-0.1, -0.05) is 38.0 Å². The Morgan fingerprint density at radius 3 is 2.72 bits per heavy atom. The summed E-state index contributed by atoms with van der Waals surface area (Å²) in [5, 5.41) is 13.7. The number of phenolic OH excluding ortho intramolecular Hbond substituents is 1. The molecule has 18 heavy (non-hydrogen) atoms. The fraction of sp³-hybridized carbons (Fsp3) is 0.625. The first-order valence-electron chi connectivity index (χ1n) is 6.96. The topological polar surface area (TPSA) is 32.3 Å². The van der Waals surface area contributed by atoms with Crippen molar-refractivity contribution in [1.82, 2.24) is 5.32 Å². The Bertz CT molecular complexity index is 425. The maximum atomic E-state index is 9.97. The summed E-state index contributed by atoms with van der Waals surface area (Å²) in [6.45, 7) is 8.87. The molecule has 2 heteroatoms. The number of aryl methyl sites for hydroxylation is 1. The van der Waals surface area contributed by atoms with Crippen LogP contribution in [0.2, 0.25) is 0 Å². The minimum absolute atomic E-state index is 0.201. The van der Waals surface area contributed by atoms with Gasteiger partial charge in [0.1, 0.15) is 5.75 Å². The van der Waals surface area contributed by atoms with Gasteiger partial charge in [0.2, 0.25) is 0 Å². The molecule has 2 nitrogen and oxygen atoms in total. The Balaban J connectivity index is 2.12. The molecule has 1 fully saturated rings. The van der Waals surface area contributed by atoms with Crippen LogP contribution in [-0.2, 0) is 0 Å². The largest absolute Gasteiger partial charge is 0.508 e. The van der Waals surface area contributed by atoms with Crippen LogP contribution in [0.3, 0.4) is 0 Å². The number of hydrogen-bond donors (Lipinski definition) is 2. The van der Waals surface area contributed by atoms with Crippen molar-refractivity contribution >= 4 is 0 Å². The molecule has 1 aromatic rings. The van der Waals surface area contributed by atoms with Gasteiger partial charge in [-0.2, -0.15) is 0 Å². The lowest BCUT2D eigenvalue weighted by molar-refractivity contribution is 0.265. The minimum atomic E-state index is 0.201. The molecule has 2 unspecified atom stereocenters. The van der Waals surface area contributed by atoms with Crippen molar-refractivity contribution in [2.24, 2.45) is 5.41 Å². The highest BCUT2D eigenvalue weighted by Crippen LogP contribution is 2.39. The molecule has 1 aliphatic carbocycles. The molecule has 0 aromatic heterocycles. The number of nitrogens with one attached hydrogen (secondary N) is 1. The van der Waals surface area contributed by atoms with Gasteiger partial charge in [-0.25, -0.2) is 0 Å². The molecule has 1 aromatic carbocycles. The highest BCUT2D eigenvalue weighted by Gasteiger charge is 2.35. The quantitative estimate of drug-likeness (QED) is 0.848. The van der Waals surface area contributed by atoms with Gasteiger partial charge in [-0.05, 0) is 38.2 Å². The van der Waals surface area contributed by atoms with Crippen molar-refractivity contribution in [1.29, 1.82) is 0 Å². The zero-order valence-corrected chi connectivity index (χ0v) is 12.0. The molecule has 0 radical (unpaired) electrons. The molecule has 0 spiro atoms. The van der Waals surface area contributed by atoms with Gasteiger partial charge in [-0.15, -0.1) is 0 Å². The highest BCUT2D eigenvalue weighted by atomic mass is 16.3. The van der Waals surface area contributed by atoms with E-state index in [0.717, 1.165) is 5.56 Å². The summed E-state index contributed by atoms with van der Waals surface area (Å²) >= 11 is 0. The summed E-state index contributed by atoms with van der Waals surface area (Å²) < 4.78 is 0. The third kappa shape index (κ3) is 2.69. The maximum Gasteiger partial charge on any atom is 0.120 e. The average Bonchev–Trinajstić information content (AvgIpc) is 2.62. The first kappa shape index (κ1) is 13.4. The van der Waals surface area contributed by atoms with Gasteiger partial charge >= 0.3 is 0 Å². The second-order valence-corrected chi connectivity index (χ2v) is 6.38. The zero-order valence-electron chi connectivity index (χ0n) is 12.0. The SMILES string of the molecule is Cc1ccc(O)c(C(C)NC2CCCC2(C)C)c1. The van der Waals surface area contributed by atoms with E-state index < -0.39 is 0 Å². The average molecular weight is 247 g/mol. The summed E-state index contributed by atoms with van der Waals surface area (Å²) in [6.07, 6.45) is 3.83. The first-order chi connectivity index (χ1) is 8.40. The predicted molar refractivity (Wildman–Crippen MR) is 75.8 cm³/mol. The molecule has 0 amide bonds.